The van der Waals surface area contributed by atoms with Crippen molar-refractivity contribution < 1.29 is 33.8 Å². The zero-order chi connectivity index (χ0) is 13.5. The van der Waals surface area contributed by atoms with Gasteiger partial charge in [0.05, 0.1) is 0 Å². The highest BCUT2D eigenvalue weighted by Crippen LogP contribution is 2.40. The van der Waals surface area contributed by atoms with Crippen molar-refractivity contribution in [1.29, 1.82) is 0 Å². The van der Waals surface area contributed by atoms with Crippen LogP contribution in [0.4, 0.5) is 0 Å². The van der Waals surface area contributed by atoms with E-state index in [9.17, 15) is 4.57 Å². The lowest BCUT2D eigenvalue weighted by atomic mass is 10.2. The largest absolute Gasteiger partial charge is 0.692 e. The van der Waals surface area contributed by atoms with E-state index in [4.69, 9.17) is 29.2 Å². The molecule has 0 bridgehead atoms. The molecule has 1 rings (SSSR count). The van der Waals surface area contributed by atoms with Gasteiger partial charge in [0.25, 0.3) is 0 Å². The van der Waals surface area contributed by atoms with Crippen molar-refractivity contribution in [3.05, 3.63) is 30.1 Å². The summed E-state index contributed by atoms with van der Waals surface area (Å²) in [4.78, 5) is 35.2. The predicted molar refractivity (Wildman–Crippen MR) is 58.0 cm³/mol. The third-order valence-corrected chi connectivity index (χ3v) is 2.49. The Morgan fingerprint density at radius 3 is 2.29 bits per heavy atom. The maximum atomic E-state index is 10.6. The lowest BCUT2D eigenvalue weighted by Gasteiger charge is -2.11. The second-order valence-corrected chi connectivity index (χ2v) is 5.17. The maximum Gasteiger partial charge on any atom is 0.692 e. The summed E-state index contributed by atoms with van der Waals surface area (Å²) in [5.41, 5.74) is 0.596. The summed E-state index contributed by atoms with van der Waals surface area (Å²) in [5.74, 6) is -1.64. The molecule has 5 N–H and O–H groups in total. The number of aromatic nitrogens is 1. The zero-order valence-corrected chi connectivity index (χ0v) is 10.3. The Kier molecular flexibility index (Phi) is 7.26. The minimum Gasteiger partial charge on any atom is -0.380 e. The number of aliphatic hydroxyl groups excluding tert-OH is 1. The summed E-state index contributed by atoms with van der Waals surface area (Å²) in [6, 6.07) is 3.29. The maximum absolute atomic E-state index is 10.6. The van der Waals surface area contributed by atoms with Gasteiger partial charge in [0, 0.05) is 23.4 Å². The fourth-order valence-corrected chi connectivity index (χ4v) is 1.30. The Labute approximate surface area is 97.7 Å². The molecule has 1 atom stereocenters. The van der Waals surface area contributed by atoms with Crippen molar-refractivity contribution in [3.63, 3.8) is 0 Å². The first-order chi connectivity index (χ1) is 7.73. The Bertz CT molecular complexity index is 388. The van der Waals surface area contributed by atoms with E-state index in [2.05, 4.69) is 4.98 Å². The first-order valence-electron chi connectivity index (χ1n) is 4.20. The van der Waals surface area contributed by atoms with Crippen LogP contribution in [0.25, 0.3) is 0 Å². The van der Waals surface area contributed by atoms with Gasteiger partial charge >= 0.3 is 15.9 Å². The molecule has 10 heteroatoms. The molecule has 0 spiro atoms. The summed E-state index contributed by atoms with van der Waals surface area (Å²) in [5, 5.41) is 9.05. The van der Waals surface area contributed by atoms with E-state index >= 15 is 0 Å². The molecule has 0 radical (unpaired) electrons. The highest BCUT2D eigenvalue weighted by atomic mass is 31.2. The van der Waals surface area contributed by atoms with Crippen molar-refractivity contribution in [2.45, 2.75) is 12.3 Å². The monoisotopic (exact) mass is 284 g/mol. The number of nitrogens with zero attached hydrogens (tertiary/aromatic N) is 1. The highest BCUT2D eigenvalue weighted by Gasteiger charge is 2.26. The molecule has 0 aliphatic carbocycles. The first kappa shape index (κ1) is 16.3. The quantitative estimate of drug-likeness (QED) is 0.477. The Morgan fingerprint density at radius 1 is 1.41 bits per heavy atom. The minimum atomic E-state index is -4.39. The molecule has 17 heavy (non-hydrogen) atoms. The van der Waals surface area contributed by atoms with Gasteiger partial charge < -0.3 is 14.9 Å². The average molecular weight is 284 g/mol. The van der Waals surface area contributed by atoms with Crippen molar-refractivity contribution in [1.82, 2.24) is 4.98 Å². The summed E-state index contributed by atoms with van der Waals surface area (Å²) in [7, 11) is -7.26. The van der Waals surface area contributed by atoms with Crippen LogP contribution in [-0.4, -0.2) is 35.5 Å². The summed E-state index contributed by atoms with van der Waals surface area (Å²) < 4.78 is 19.3. The fraction of sp³-hybridized carbons (Fsp3) is 0.286. The normalized spacial score (nSPS) is 12.3. The molecule has 0 saturated heterocycles. The molecular weight excluding hydrogens is 272 g/mol. The van der Waals surface area contributed by atoms with Gasteiger partial charge in [0.15, 0.2) is 5.85 Å². The molecule has 1 aromatic heterocycles. The van der Waals surface area contributed by atoms with E-state index in [-0.39, 0.29) is 6.42 Å². The lowest BCUT2D eigenvalue weighted by Crippen LogP contribution is -2.10. The molecule has 0 fully saturated rings. The smallest absolute Gasteiger partial charge is 0.380 e. The van der Waals surface area contributed by atoms with Crippen LogP contribution in [0.2, 0.25) is 0 Å². The average Bonchev–Trinajstić information content (AvgIpc) is 2.16. The standard InChI is InChI=1S/C7H10NO4P.HO3P/c9-7(13(10,11)12)4-6-2-1-3-8-5-6;1-4(2)3/h1-3,5,7,9H,4H2,(H2,10,11,12);(H-,1,2,3)/p+1. The first-order valence-corrected chi connectivity index (χ1v) is 7.05. The van der Waals surface area contributed by atoms with Crippen LogP contribution in [0.1, 0.15) is 5.56 Å². The molecule has 0 amide bonds. The molecule has 96 valence electrons. The van der Waals surface area contributed by atoms with Crippen LogP contribution in [0.5, 0.6) is 0 Å². The zero-order valence-electron chi connectivity index (χ0n) is 8.49. The van der Waals surface area contributed by atoms with Gasteiger partial charge in [-0.25, -0.2) is 0 Å². The molecule has 0 aliphatic heterocycles. The number of hydrogen-bond donors (Lipinski definition) is 5. The predicted octanol–water partition coefficient (Wildman–Crippen LogP) is -0.251. The molecule has 1 unspecified atom stereocenters. The van der Waals surface area contributed by atoms with Crippen LogP contribution >= 0.6 is 15.9 Å². The Morgan fingerprint density at radius 2 is 1.94 bits per heavy atom. The molecule has 1 heterocycles. The Hall–Kier alpha value is -0.720. The second-order valence-electron chi connectivity index (χ2n) is 2.89. The van der Waals surface area contributed by atoms with Crippen LogP contribution in [0, 0.1) is 0 Å². The molecule has 1 aromatic rings. The third-order valence-electron chi connectivity index (χ3n) is 1.53. The van der Waals surface area contributed by atoms with E-state index in [0.29, 0.717) is 5.56 Å². The van der Waals surface area contributed by atoms with E-state index in [1.807, 2.05) is 0 Å². The van der Waals surface area contributed by atoms with Crippen molar-refractivity contribution >= 4 is 15.9 Å². The van der Waals surface area contributed by atoms with Gasteiger partial charge in [-0.3, -0.25) is 9.55 Å². The highest BCUT2D eigenvalue weighted by molar-refractivity contribution is 7.52. The fourth-order valence-electron chi connectivity index (χ4n) is 0.849. The lowest BCUT2D eigenvalue weighted by molar-refractivity contribution is 0.202. The van der Waals surface area contributed by atoms with Crippen molar-refractivity contribution in [2.24, 2.45) is 0 Å². The SMILES string of the molecule is O=P(O)(O)C(O)Cc1cccnc1.O=[P+](O)O. The van der Waals surface area contributed by atoms with Crippen molar-refractivity contribution in [2.75, 3.05) is 0 Å². The number of aliphatic hydroxyl groups is 1. The summed E-state index contributed by atoms with van der Waals surface area (Å²) >= 11 is 0. The van der Waals surface area contributed by atoms with Crippen LogP contribution < -0.4 is 0 Å². The van der Waals surface area contributed by atoms with Gasteiger partial charge in [-0.1, -0.05) is 6.07 Å². The van der Waals surface area contributed by atoms with E-state index in [0.717, 1.165) is 0 Å². The summed E-state index contributed by atoms with van der Waals surface area (Å²) in [6.07, 6.45) is 2.92. The van der Waals surface area contributed by atoms with E-state index < -0.39 is 21.7 Å². The van der Waals surface area contributed by atoms with Gasteiger partial charge in [-0.05, 0) is 11.6 Å². The number of pyridine rings is 1. The molecular formula is C7H12NO7P2+. The van der Waals surface area contributed by atoms with Crippen LogP contribution in [0.3, 0.4) is 0 Å². The van der Waals surface area contributed by atoms with E-state index in [1.54, 1.807) is 18.3 Å². The number of rotatable bonds is 3. The van der Waals surface area contributed by atoms with Gasteiger partial charge in [-0.2, -0.15) is 0 Å². The van der Waals surface area contributed by atoms with Crippen LogP contribution in [0.15, 0.2) is 24.5 Å². The van der Waals surface area contributed by atoms with Gasteiger partial charge in [0.1, 0.15) is 0 Å². The van der Waals surface area contributed by atoms with Gasteiger partial charge in [-0.15, -0.1) is 9.79 Å². The Balaban J connectivity index is 0.000000557. The van der Waals surface area contributed by atoms with Crippen molar-refractivity contribution in [3.8, 4) is 0 Å². The number of hydrogen-bond acceptors (Lipinski definition) is 4. The molecule has 0 saturated carbocycles. The van der Waals surface area contributed by atoms with Crippen LogP contribution in [-0.2, 0) is 15.6 Å². The van der Waals surface area contributed by atoms with Gasteiger partial charge in [0.2, 0.25) is 0 Å². The minimum absolute atomic E-state index is 0.0852. The summed E-state index contributed by atoms with van der Waals surface area (Å²) in [6.45, 7) is 0. The second kappa shape index (κ2) is 7.58. The van der Waals surface area contributed by atoms with E-state index in [1.165, 1.54) is 6.20 Å². The molecule has 0 aliphatic rings. The molecule has 8 nitrogen and oxygen atoms in total. The molecule has 0 aromatic carbocycles. The third kappa shape index (κ3) is 9.02. The topological polar surface area (TPSA) is 148 Å².